The van der Waals surface area contributed by atoms with E-state index in [0.29, 0.717) is 12.3 Å². The molecule has 0 aromatic rings. The lowest BCUT2D eigenvalue weighted by Crippen LogP contribution is -2.53. The molecule has 5 heterocycles. The van der Waals surface area contributed by atoms with E-state index in [-0.39, 0.29) is 41.9 Å². The number of likely N-dealkylation sites (N-methyl/N-ethyl adjacent to an activating group) is 1. The van der Waals surface area contributed by atoms with E-state index >= 15 is 0 Å². The van der Waals surface area contributed by atoms with Gasteiger partial charge < -0.3 is 15.5 Å². The zero-order valence-electron chi connectivity index (χ0n) is 21.0. The lowest BCUT2D eigenvalue weighted by Gasteiger charge is -2.39. The van der Waals surface area contributed by atoms with Gasteiger partial charge in [0.15, 0.2) is 0 Å². The van der Waals surface area contributed by atoms with Crippen molar-refractivity contribution in [3.05, 3.63) is 23.8 Å². The Hall–Kier alpha value is -2.36. The fourth-order valence-corrected chi connectivity index (χ4v) is 5.86. The summed E-state index contributed by atoms with van der Waals surface area (Å²) >= 11 is 0. The molecule has 5 rings (SSSR count). The first-order valence-electron chi connectivity index (χ1n) is 13.2. The van der Waals surface area contributed by atoms with Crippen LogP contribution in [0, 0.1) is 5.92 Å². The van der Waals surface area contributed by atoms with Gasteiger partial charge in [-0.05, 0) is 44.5 Å². The quantitative estimate of drug-likeness (QED) is 0.561. The van der Waals surface area contributed by atoms with Gasteiger partial charge in [-0.15, -0.1) is 0 Å². The number of likely N-dealkylation sites (tertiary alicyclic amines) is 1. The van der Waals surface area contributed by atoms with Gasteiger partial charge in [-0.2, -0.15) is 0 Å². The predicted molar refractivity (Wildman–Crippen MR) is 138 cm³/mol. The predicted octanol–water partition coefficient (Wildman–Crippen LogP) is 0.0978. The molecule has 190 valence electrons. The summed E-state index contributed by atoms with van der Waals surface area (Å²) in [6, 6.07) is 0.708. The third kappa shape index (κ3) is 5.73. The van der Waals surface area contributed by atoms with Crippen LogP contribution in [0.4, 0.5) is 0 Å². The number of nitrogens with one attached hydrogen (secondary N) is 2. The summed E-state index contributed by atoms with van der Waals surface area (Å²) in [6.07, 6.45) is 11.0. The van der Waals surface area contributed by atoms with Gasteiger partial charge in [-0.25, -0.2) is 0 Å². The van der Waals surface area contributed by atoms with Crippen molar-refractivity contribution in [3.8, 4) is 0 Å². The molecule has 5 aliphatic heterocycles. The van der Waals surface area contributed by atoms with E-state index < -0.39 is 0 Å². The van der Waals surface area contributed by atoms with Crippen LogP contribution >= 0.6 is 0 Å². The van der Waals surface area contributed by atoms with Gasteiger partial charge >= 0.3 is 0 Å². The van der Waals surface area contributed by atoms with E-state index in [2.05, 4.69) is 56.4 Å². The van der Waals surface area contributed by atoms with Gasteiger partial charge in [-0.3, -0.25) is 29.4 Å². The van der Waals surface area contributed by atoms with E-state index in [1.807, 2.05) is 12.3 Å². The second-order valence-corrected chi connectivity index (χ2v) is 10.6. The number of aliphatic imine (C=N–C) groups is 2. The lowest BCUT2D eigenvalue weighted by atomic mass is 9.86. The van der Waals surface area contributed by atoms with Crippen molar-refractivity contribution in [2.75, 3.05) is 59.4 Å². The second-order valence-electron chi connectivity index (χ2n) is 10.6. The first-order chi connectivity index (χ1) is 17.0. The molecule has 0 saturated carbocycles. The smallest absolute Gasteiger partial charge is 0.269 e. The van der Waals surface area contributed by atoms with Crippen LogP contribution in [0.3, 0.4) is 0 Å². The summed E-state index contributed by atoms with van der Waals surface area (Å²) in [4.78, 5) is 41.3. The van der Waals surface area contributed by atoms with Gasteiger partial charge in [-0.1, -0.05) is 19.1 Å². The molecule has 2 N–H and O–H groups in total. The van der Waals surface area contributed by atoms with E-state index in [9.17, 15) is 9.59 Å². The summed E-state index contributed by atoms with van der Waals surface area (Å²) in [7, 11) is 2.08. The maximum Gasteiger partial charge on any atom is 0.269 e. The molecule has 0 aromatic heterocycles. The van der Waals surface area contributed by atoms with Crippen LogP contribution in [-0.2, 0) is 9.59 Å². The first kappa shape index (κ1) is 24.3. The second kappa shape index (κ2) is 10.7. The minimum absolute atomic E-state index is 0.0396. The average molecular weight is 482 g/mol. The van der Waals surface area contributed by atoms with Crippen LogP contribution in [0.1, 0.15) is 26.2 Å². The summed E-state index contributed by atoms with van der Waals surface area (Å²) < 4.78 is 0. The first-order valence-corrected chi connectivity index (χ1v) is 13.2. The Morgan fingerprint density at radius 3 is 2.74 bits per heavy atom. The standard InChI is InChI=1S/C26H39N7O2/c1-3-19-13-23-24(30-25(19)34)12-18(14-27-23)16-32-8-10-33(11-9-32)21-4-5-22(28-15-21)26(35)29-20-6-7-31(2)17-20/h4-5,12,14,19-21,23-24H,3,6-11,13,15-17H2,1-2H3,(H,29,35)(H,30,34)/t19?,20-,21?,23?,24?/m0/s1. The molecule has 4 unspecified atom stereocenters. The maximum atomic E-state index is 12.5. The van der Waals surface area contributed by atoms with E-state index in [4.69, 9.17) is 4.99 Å². The van der Waals surface area contributed by atoms with Gasteiger partial charge in [0.05, 0.1) is 18.6 Å². The zero-order chi connectivity index (χ0) is 24.4. The molecule has 2 amide bonds. The fourth-order valence-electron chi connectivity index (χ4n) is 5.86. The van der Waals surface area contributed by atoms with Crippen molar-refractivity contribution >= 4 is 23.7 Å². The van der Waals surface area contributed by atoms with Crippen molar-refractivity contribution < 1.29 is 9.59 Å². The molecule has 0 aromatic carbocycles. The molecule has 0 radical (unpaired) electrons. The van der Waals surface area contributed by atoms with Crippen LogP contribution in [0.5, 0.6) is 0 Å². The Bertz CT molecular complexity index is 934. The molecule has 9 nitrogen and oxygen atoms in total. The lowest BCUT2D eigenvalue weighted by molar-refractivity contribution is -0.127. The zero-order valence-corrected chi connectivity index (χ0v) is 21.0. The van der Waals surface area contributed by atoms with Crippen LogP contribution in [0.15, 0.2) is 33.8 Å². The molecule has 0 bridgehead atoms. The van der Waals surface area contributed by atoms with Crippen LogP contribution in [0.2, 0.25) is 0 Å². The molecule has 0 spiro atoms. The SMILES string of the molecule is CCC1CC2N=CC(CN3CCN(C4C=CC(C(=O)N[C@H]5CCN(C)C5)=NC4)CC3)=CC2NC1=O. The summed E-state index contributed by atoms with van der Waals surface area (Å²) in [5.74, 6) is 0.216. The highest BCUT2D eigenvalue weighted by molar-refractivity contribution is 6.43. The number of dihydropyridines is 2. The summed E-state index contributed by atoms with van der Waals surface area (Å²) in [5, 5.41) is 6.28. The third-order valence-corrected chi connectivity index (χ3v) is 8.10. The number of piperazine rings is 1. The summed E-state index contributed by atoms with van der Waals surface area (Å²) in [5.41, 5.74) is 1.75. The molecule has 0 aliphatic carbocycles. The number of carbonyl (C=O) groups is 2. The van der Waals surface area contributed by atoms with Crippen molar-refractivity contribution in [1.29, 1.82) is 0 Å². The number of fused-ring (bicyclic) bond motifs is 1. The highest BCUT2D eigenvalue weighted by atomic mass is 16.2. The van der Waals surface area contributed by atoms with Crippen molar-refractivity contribution in [2.24, 2.45) is 15.9 Å². The molecule has 3 fully saturated rings. The Kier molecular flexibility index (Phi) is 7.45. The normalized spacial score (nSPS) is 34.2. The molecule has 35 heavy (non-hydrogen) atoms. The Labute approximate surface area is 208 Å². The monoisotopic (exact) mass is 481 g/mol. The van der Waals surface area contributed by atoms with Crippen LogP contribution in [-0.4, -0.2) is 122 Å². The number of piperidine rings is 1. The van der Waals surface area contributed by atoms with Crippen molar-refractivity contribution in [1.82, 2.24) is 25.3 Å². The third-order valence-electron chi connectivity index (χ3n) is 8.10. The molecule has 5 aliphatic rings. The number of rotatable bonds is 6. The number of amides is 2. The molecule has 9 heteroatoms. The van der Waals surface area contributed by atoms with Crippen LogP contribution in [0.25, 0.3) is 0 Å². The highest BCUT2D eigenvalue weighted by Gasteiger charge is 2.35. The Balaban J connectivity index is 1.06. The van der Waals surface area contributed by atoms with Gasteiger partial charge in [0.25, 0.3) is 5.91 Å². The van der Waals surface area contributed by atoms with Crippen molar-refractivity contribution in [3.63, 3.8) is 0 Å². The number of nitrogens with zero attached hydrogens (tertiary/aromatic N) is 5. The van der Waals surface area contributed by atoms with Gasteiger partial charge in [0.2, 0.25) is 5.91 Å². The number of hydrogen-bond acceptors (Lipinski definition) is 7. The Morgan fingerprint density at radius 2 is 2.06 bits per heavy atom. The highest BCUT2D eigenvalue weighted by Crippen LogP contribution is 2.25. The van der Waals surface area contributed by atoms with Crippen LogP contribution < -0.4 is 10.6 Å². The molecule has 5 atom stereocenters. The topological polar surface area (TPSA) is 92.6 Å². The Morgan fingerprint density at radius 1 is 1.23 bits per heavy atom. The van der Waals surface area contributed by atoms with Gasteiger partial charge in [0.1, 0.15) is 5.71 Å². The summed E-state index contributed by atoms with van der Waals surface area (Å²) in [6.45, 7) is 9.45. The molecule has 3 saturated heterocycles. The minimum atomic E-state index is -0.0474. The fraction of sp³-hybridized carbons (Fsp3) is 0.692. The van der Waals surface area contributed by atoms with Gasteiger partial charge in [0, 0.05) is 63.5 Å². The average Bonchev–Trinajstić information content (AvgIpc) is 3.28. The number of carbonyl (C=O) groups excluding carboxylic acids is 2. The largest absolute Gasteiger partial charge is 0.347 e. The molecular weight excluding hydrogens is 442 g/mol. The maximum absolute atomic E-state index is 12.5. The van der Waals surface area contributed by atoms with E-state index in [0.717, 1.165) is 65.1 Å². The van der Waals surface area contributed by atoms with E-state index in [1.165, 1.54) is 5.57 Å². The van der Waals surface area contributed by atoms with E-state index in [1.54, 1.807) is 0 Å². The minimum Gasteiger partial charge on any atom is -0.347 e. The molecular formula is C26H39N7O2. The van der Waals surface area contributed by atoms with Crippen molar-refractivity contribution in [2.45, 2.75) is 50.4 Å². The number of hydrogen-bond donors (Lipinski definition) is 2.